The molecule has 2 unspecified atom stereocenters. The highest BCUT2D eigenvalue weighted by atomic mass is 32.2. The number of ether oxygens (including phenoxy) is 1. The molecule has 0 spiro atoms. The summed E-state index contributed by atoms with van der Waals surface area (Å²) in [6.07, 6.45) is 2.03. The Morgan fingerprint density at radius 1 is 1.29 bits per heavy atom. The van der Waals surface area contributed by atoms with Crippen molar-refractivity contribution >= 4 is 52.1 Å². The van der Waals surface area contributed by atoms with Gasteiger partial charge in [0.1, 0.15) is 21.8 Å². The fourth-order valence-electron chi connectivity index (χ4n) is 4.30. The first-order chi connectivity index (χ1) is 16.1. The monoisotopic (exact) mass is 504 g/mol. The lowest BCUT2D eigenvalue weighted by Crippen LogP contribution is -2.48. The van der Waals surface area contributed by atoms with Gasteiger partial charge in [-0.25, -0.2) is 0 Å². The summed E-state index contributed by atoms with van der Waals surface area (Å²) in [6.45, 7) is 9.12. The number of hydrogen-bond acceptors (Lipinski definition) is 8. The van der Waals surface area contributed by atoms with Crippen LogP contribution in [0.1, 0.15) is 50.3 Å². The Bertz CT molecular complexity index is 1140. The molecule has 34 heavy (non-hydrogen) atoms. The van der Waals surface area contributed by atoms with E-state index < -0.39 is 5.97 Å². The van der Waals surface area contributed by atoms with Gasteiger partial charge in [-0.1, -0.05) is 30.9 Å². The summed E-state index contributed by atoms with van der Waals surface area (Å²) < 4.78 is 7.78. The highest BCUT2D eigenvalue weighted by molar-refractivity contribution is 8.26. The summed E-state index contributed by atoms with van der Waals surface area (Å²) in [5.41, 5.74) is 0.802. The molecular weight excluding hydrogens is 476 g/mol. The van der Waals surface area contributed by atoms with E-state index in [0.29, 0.717) is 47.9 Å². The molecule has 2 atom stereocenters. The molecule has 2 aliphatic rings. The molecule has 11 heteroatoms. The Labute approximate surface area is 208 Å². The summed E-state index contributed by atoms with van der Waals surface area (Å²) in [5, 5.41) is 18.7. The van der Waals surface area contributed by atoms with Crippen molar-refractivity contribution in [3.63, 3.8) is 0 Å². The zero-order chi connectivity index (χ0) is 25.2. The summed E-state index contributed by atoms with van der Waals surface area (Å²) in [6, 6.07) is 2.04. The average molecular weight is 505 g/mol. The third-order valence-corrected chi connectivity index (χ3v) is 7.09. The van der Waals surface area contributed by atoms with E-state index in [1.165, 1.54) is 4.90 Å². The topological polar surface area (TPSA) is 116 Å². The summed E-state index contributed by atoms with van der Waals surface area (Å²) in [4.78, 5) is 41.0. The van der Waals surface area contributed by atoms with Gasteiger partial charge in [-0.15, -0.1) is 0 Å². The van der Waals surface area contributed by atoms with E-state index in [9.17, 15) is 19.6 Å². The van der Waals surface area contributed by atoms with Crippen LogP contribution in [0.5, 0.6) is 0 Å². The number of thiocarbonyl (C=S) groups is 1. The number of thioether (sulfide) groups is 1. The minimum Gasteiger partial charge on any atom is -0.481 e. The van der Waals surface area contributed by atoms with Crippen LogP contribution >= 0.6 is 24.0 Å². The third-order valence-electron chi connectivity index (χ3n) is 5.71. The number of nitrogens with zero attached hydrogens (tertiary/aromatic N) is 4. The normalized spacial score (nSPS) is 21.9. The molecule has 2 aliphatic heterocycles. The summed E-state index contributed by atoms with van der Waals surface area (Å²) >= 11 is 6.41. The highest BCUT2D eigenvalue weighted by Gasteiger charge is 2.34. The number of aliphatic carboxylic acids is 1. The molecule has 0 radical (unpaired) electrons. The number of amides is 1. The minimum absolute atomic E-state index is 0.0134. The van der Waals surface area contributed by atoms with Crippen LogP contribution < -0.4 is 10.5 Å². The van der Waals surface area contributed by atoms with Gasteiger partial charge >= 0.3 is 5.97 Å². The molecule has 1 aromatic rings. The summed E-state index contributed by atoms with van der Waals surface area (Å²) in [7, 11) is 0. The second-order valence-corrected chi connectivity index (χ2v) is 10.1. The van der Waals surface area contributed by atoms with E-state index in [2.05, 4.69) is 4.90 Å². The quantitative estimate of drug-likeness (QED) is 0.442. The average Bonchev–Trinajstić information content (AvgIpc) is 3.02. The second kappa shape index (κ2) is 10.7. The van der Waals surface area contributed by atoms with E-state index in [-0.39, 0.29) is 46.5 Å². The third kappa shape index (κ3) is 5.19. The Morgan fingerprint density at radius 3 is 2.50 bits per heavy atom. The first kappa shape index (κ1) is 25.9. The van der Waals surface area contributed by atoms with Gasteiger partial charge in [0.15, 0.2) is 0 Å². The van der Waals surface area contributed by atoms with Crippen molar-refractivity contribution in [2.75, 3.05) is 24.5 Å². The Morgan fingerprint density at radius 2 is 1.94 bits per heavy atom. The molecule has 0 bridgehead atoms. The zero-order valence-corrected chi connectivity index (χ0v) is 21.3. The van der Waals surface area contributed by atoms with Crippen LogP contribution in [0.15, 0.2) is 9.70 Å². The number of morpholine rings is 1. The van der Waals surface area contributed by atoms with Crippen LogP contribution in [-0.2, 0) is 20.9 Å². The van der Waals surface area contributed by atoms with Crippen LogP contribution in [0.3, 0.4) is 0 Å². The molecule has 9 nitrogen and oxygen atoms in total. The van der Waals surface area contributed by atoms with Crippen molar-refractivity contribution in [3.8, 4) is 6.07 Å². The van der Waals surface area contributed by atoms with Crippen molar-refractivity contribution in [3.05, 3.63) is 31.9 Å². The molecule has 1 amide bonds. The maximum atomic E-state index is 13.2. The van der Waals surface area contributed by atoms with Crippen molar-refractivity contribution in [2.45, 2.75) is 59.3 Å². The molecule has 0 saturated carbocycles. The molecule has 1 aromatic heterocycles. The number of pyridine rings is 1. The number of nitriles is 1. The van der Waals surface area contributed by atoms with E-state index in [1.807, 2.05) is 26.8 Å². The fraction of sp³-hybridized carbons (Fsp3) is 0.522. The van der Waals surface area contributed by atoms with E-state index in [1.54, 1.807) is 17.6 Å². The molecule has 1 N–H and O–H groups in total. The minimum atomic E-state index is -1.02. The van der Waals surface area contributed by atoms with Crippen LogP contribution in [0.25, 0.3) is 6.08 Å². The fourth-order valence-corrected chi connectivity index (χ4v) is 5.59. The number of anilines is 1. The highest BCUT2D eigenvalue weighted by Crippen LogP contribution is 2.36. The van der Waals surface area contributed by atoms with Gasteiger partial charge in [-0.05, 0) is 38.8 Å². The van der Waals surface area contributed by atoms with E-state index in [0.717, 1.165) is 11.8 Å². The van der Waals surface area contributed by atoms with Gasteiger partial charge in [0, 0.05) is 31.7 Å². The van der Waals surface area contributed by atoms with Gasteiger partial charge in [0.2, 0.25) is 0 Å². The van der Waals surface area contributed by atoms with Crippen LogP contribution in [0.2, 0.25) is 0 Å². The van der Waals surface area contributed by atoms with E-state index in [4.69, 9.17) is 22.1 Å². The van der Waals surface area contributed by atoms with Crippen molar-refractivity contribution < 1.29 is 19.4 Å². The molecule has 2 fully saturated rings. The molecule has 0 aliphatic carbocycles. The van der Waals surface area contributed by atoms with Crippen LogP contribution in [0, 0.1) is 18.3 Å². The SMILES string of the molecule is CCCn1c(N2CC(C)OC(C)C2)c(/C=C2\SC(=S)N(CCC(=O)O)C2=O)c(C)c(C#N)c1=O. The number of carboxylic acid groups (broad SMARTS) is 1. The van der Waals surface area contributed by atoms with Crippen LogP contribution in [-0.4, -0.2) is 62.6 Å². The predicted octanol–water partition coefficient (Wildman–Crippen LogP) is 2.73. The Balaban J connectivity index is 2.20. The number of carboxylic acids is 1. The number of carbonyl (C=O) groups excluding carboxylic acids is 1. The van der Waals surface area contributed by atoms with Crippen molar-refractivity contribution in [1.82, 2.24) is 9.47 Å². The van der Waals surface area contributed by atoms with Gasteiger partial charge < -0.3 is 14.7 Å². The van der Waals surface area contributed by atoms with Gasteiger partial charge in [-0.3, -0.25) is 23.9 Å². The van der Waals surface area contributed by atoms with Crippen molar-refractivity contribution in [2.24, 2.45) is 0 Å². The number of rotatable bonds is 7. The first-order valence-corrected chi connectivity index (χ1v) is 12.4. The number of aromatic nitrogens is 1. The van der Waals surface area contributed by atoms with Gasteiger partial charge in [-0.2, -0.15) is 5.26 Å². The molecule has 0 aromatic carbocycles. The Kier molecular flexibility index (Phi) is 8.17. The van der Waals surface area contributed by atoms with Gasteiger partial charge in [0.25, 0.3) is 11.5 Å². The maximum absolute atomic E-state index is 13.2. The molecular formula is C23H28N4O5S2. The maximum Gasteiger partial charge on any atom is 0.305 e. The Hall–Kier alpha value is -2.68. The lowest BCUT2D eigenvalue weighted by molar-refractivity contribution is -0.137. The smallest absolute Gasteiger partial charge is 0.305 e. The zero-order valence-electron chi connectivity index (χ0n) is 19.7. The lowest BCUT2D eigenvalue weighted by Gasteiger charge is -2.39. The van der Waals surface area contributed by atoms with Crippen molar-refractivity contribution in [1.29, 1.82) is 5.26 Å². The summed E-state index contributed by atoms with van der Waals surface area (Å²) in [5.74, 6) is -0.741. The standard InChI is InChI=1S/C23H28N4O5S2/c1-5-7-26-20(25-11-13(2)32-14(3)12-25)16(15(4)17(10-24)21(26)30)9-18-22(31)27(23(33)34-18)8-6-19(28)29/h9,13-14H,5-8,11-12H2,1-4H3,(H,28,29)/b18-9-. The lowest BCUT2D eigenvalue weighted by atomic mass is 10.0. The molecule has 182 valence electrons. The largest absolute Gasteiger partial charge is 0.481 e. The predicted molar refractivity (Wildman–Crippen MR) is 135 cm³/mol. The van der Waals surface area contributed by atoms with E-state index >= 15 is 0 Å². The molecule has 3 heterocycles. The number of hydrogen-bond donors (Lipinski definition) is 1. The first-order valence-electron chi connectivity index (χ1n) is 11.1. The van der Waals surface area contributed by atoms with Crippen LogP contribution in [0.4, 0.5) is 5.82 Å². The second-order valence-electron chi connectivity index (χ2n) is 8.45. The molecule has 3 rings (SSSR count). The van der Waals surface area contributed by atoms with Gasteiger partial charge in [0.05, 0.1) is 23.5 Å². The number of carbonyl (C=O) groups is 2. The molecule has 2 saturated heterocycles.